The van der Waals surface area contributed by atoms with Gasteiger partial charge >= 0.3 is 0 Å². The minimum Gasteiger partial charge on any atom is -0.293 e. The number of benzene rings is 2. The van der Waals surface area contributed by atoms with Gasteiger partial charge in [0, 0.05) is 17.8 Å². The Morgan fingerprint density at radius 3 is 2.72 bits per heavy atom. The van der Waals surface area contributed by atoms with Gasteiger partial charge in [-0.15, -0.1) is 0 Å². The maximum absolute atomic E-state index is 13.0. The van der Waals surface area contributed by atoms with Crippen LogP contribution in [0.3, 0.4) is 0 Å². The summed E-state index contributed by atoms with van der Waals surface area (Å²) in [4.78, 5) is 27.8. The number of hydrogen-bond donors (Lipinski definition) is 0. The molecule has 4 aromatic rings. The van der Waals surface area contributed by atoms with E-state index in [-0.39, 0.29) is 23.2 Å². The topological polar surface area (TPSA) is 95.8 Å². The summed E-state index contributed by atoms with van der Waals surface area (Å²) < 4.78 is 3.43. The summed E-state index contributed by atoms with van der Waals surface area (Å²) in [5.41, 5.74) is 4.22. The molecule has 0 fully saturated rings. The van der Waals surface area contributed by atoms with E-state index >= 15 is 0 Å². The average Bonchev–Trinajstić information content (AvgIpc) is 3.34. The minimum atomic E-state index is -0.509. The van der Waals surface area contributed by atoms with E-state index in [1.807, 2.05) is 35.0 Å². The van der Waals surface area contributed by atoms with Gasteiger partial charge in [-0.3, -0.25) is 19.5 Å². The lowest BCUT2D eigenvalue weighted by Gasteiger charge is -2.06. The molecule has 2 heterocycles. The van der Waals surface area contributed by atoms with Crippen molar-refractivity contribution in [2.24, 2.45) is 0 Å². The first-order valence-electron chi connectivity index (χ1n) is 9.40. The second-order valence-corrected chi connectivity index (χ2v) is 7.11. The highest BCUT2D eigenvalue weighted by molar-refractivity contribution is 5.79. The lowest BCUT2D eigenvalue weighted by Crippen LogP contribution is -2.22. The Kier molecular flexibility index (Phi) is 3.97. The Balaban J connectivity index is 1.59. The fraction of sp³-hybridized carbons (Fsp3) is 0.190. The third-order valence-electron chi connectivity index (χ3n) is 5.35. The lowest BCUT2D eigenvalue weighted by molar-refractivity contribution is -0.384. The molecular weight excluding hydrogens is 370 g/mol. The average molecular weight is 387 g/mol. The van der Waals surface area contributed by atoms with Gasteiger partial charge in [-0.1, -0.05) is 18.2 Å². The molecule has 0 bridgehead atoms. The van der Waals surface area contributed by atoms with Crippen LogP contribution in [0.2, 0.25) is 0 Å². The Bertz CT molecular complexity index is 1310. The van der Waals surface area contributed by atoms with E-state index in [0.717, 1.165) is 30.6 Å². The van der Waals surface area contributed by atoms with Crippen LogP contribution < -0.4 is 5.56 Å². The van der Waals surface area contributed by atoms with E-state index in [1.54, 1.807) is 0 Å². The maximum atomic E-state index is 13.0. The van der Waals surface area contributed by atoms with Crippen LogP contribution in [-0.2, 0) is 19.4 Å². The standard InChI is InChI=1S/C21H17N5O3/c27-21-17-11-15(26(28)29)9-10-18(17)22-13-24(21)12-19-16-7-4-8-20(16)25(23-19)14-5-2-1-3-6-14/h1-3,5-6,9-11,13H,4,7-8,12H2. The summed E-state index contributed by atoms with van der Waals surface area (Å²) in [6, 6.07) is 14.1. The van der Waals surface area contributed by atoms with Crippen molar-refractivity contribution in [3.8, 4) is 5.69 Å². The first-order chi connectivity index (χ1) is 14.1. The molecule has 2 aromatic carbocycles. The molecule has 0 saturated carbocycles. The second-order valence-electron chi connectivity index (χ2n) is 7.11. The van der Waals surface area contributed by atoms with Crippen molar-refractivity contribution in [2.75, 3.05) is 0 Å². The summed E-state index contributed by atoms with van der Waals surface area (Å²) in [5.74, 6) is 0. The molecule has 0 amide bonds. The molecule has 0 atom stereocenters. The highest BCUT2D eigenvalue weighted by Crippen LogP contribution is 2.28. The van der Waals surface area contributed by atoms with Crippen molar-refractivity contribution in [1.82, 2.24) is 19.3 Å². The molecule has 1 aliphatic rings. The molecule has 29 heavy (non-hydrogen) atoms. The lowest BCUT2D eigenvalue weighted by atomic mass is 10.2. The fourth-order valence-corrected chi connectivity index (χ4v) is 3.96. The number of nitro groups is 1. The SMILES string of the molecule is O=c1c2cc([N+](=O)[O-])ccc2ncn1Cc1nn(-c2ccccc2)c2c1CCC2. The Morgan fingerprint density at radius 2 is 1.93 bits per heavy atom. The molecule has 0 saturated heterocycles. The molecule has 8 nitrogen and oxygen atoms in total. The molecule has 8 heteroatoms. The Hall–Kier alpha value is -3.81. The van der Waals surface area contributed by atoms with Gasteiger partial charge in [0.2, 0.25) is 0 Å². The second kappa shape index (κ2) is 6.66. The monoisotopic (exact) mass is 387 g/mol. The highest BCUT2D eigenvalue weighted by Gasteiger charge is 2.23. The zero-order chi connectivity index (χ0) is 20.0. The van der Waals surface area contributed by atoms with Gasteiger partial charge in [-0.25, -0.2) is 9.67 Å². The van der Waals surface area contributed by atoms with Gasteiger partial charge in [0.1, 0.15) is 0 Å². The largest absolute Gasteiger partial charge is 0.293 e. The molecule has 1 aliphatic carbocycles. The van der Waals surface area contributed by atoms with Crippen LogP contribution in [0.5, 0.6) is 0 Å². The normalized spacial score (nSPS) is 13.0. The molecular formula is C21H17N5O3. The third-order valence-corrected chi connectivity index (χ3v) is 5.35. The molecule has 144 valence electrons. The summed E-state index contributed by atoms with van der Waals surface area (Å²) in [6.45, 7) is 0.284. The summed E-state index contributed by atoms with van der Waals surface area (Å²) in [6.07, 6.45) is 4.43. The van der Waals surface area contributed by atoms with Crippen LogP contribution in [0, 0.1) is 10.1 Å². The number of non-ortho nitro benzene ring substituents is 1. The number of fused-ring (bicyclic) bond motifs is 2. The zero-order valence-corrected chi connectivity index (χ0v) is 15.5. The smallest absolute Gasteiger partial charge is 0.270 e. The van der Waals surface area contributed by atoms with E-state index in [2.05, 4.69) is 4.98 Å². The van der Waals surface area contributed by atoms with Gasteiger partial charge in [-0.2, -0.15) is 5.10 Å². The van der Waals surface area contributed by atoms with Gasteiger partial charge in [0.15, 0.2) is 0 Å². The van der Waals surface area contributed by atoms with Crippen molar-refractivity contribution in [1.29, 1.82) is 0 Å². The minimum absolute atomic E-state index is 0.122. The van der Waals surface area contributed by atoms with Crippen molar-refractivity contribution in [2.45, 2.75) is 25.8 Å². The van der Waals surface area contributed by atoms with Crippen LogP contribution in [0.4, 0.5) is 5.69 Å². The van der Waals surface area contributed by atoms with E-state index < -0.39 is 4.92 Å². The molecule has 0 spiro atoms. The van der Waals surface area contributed by atoms with E-state index in [0.29, 0.717) is 5.52 Å². The number of hydrogen-bond acceptors (Lipinski definition) is 5. The first kappa shape index (κ1) is 17.3. The van der Waals surface area contributed by atoms with E-state index in [9.17, 15) is 14.9 Å². The first-order valence-corrected chi connectivity index (χ1v) is 9.40. The van der Waals surface area contributed by atoms with Crippen LogP contribution in [-0.4, -0.2) is 24.3 Å². The summed E-state index contributed by atoms with van der Waals surface area (Å²) in [7, 11) is 0. The number of rotatable bonds is 4. The molecule has 0 unspecified atom stereocenters. The zero-order valence-electron chi connectivity index (χ0n) is 15.5. The van der Waals surface area contributed by atoms with Gasteiger partial charge < -0.3 is 0 Å². The number of para-hydroxylation sites is 1. The fourth-order valence-electron chi connectivity index (χ4n) is 3.96. The highest BCUT2D eigenvalue weighted by atomic mass is 16.6. The van der Waals surface area contributed by atoms with Crippen molar-refractivity contribution in [3.63, 3.8) is 0 Å². The van der Waals surface area contributed by atoms with E-state index in [1.165, 1.54) is 40.4 Å². The summed E-state index contributed by atoms with van der Waals surface area (Å²) >= 11 is 0. The quantitative estimate of drug-likeness (QED) is 0.396. The molecule has 0 aliphatic heterocycles. The molecule has 5 rings (SSSR count). The third kappa shape index (κ3) is 2.89. The van der Waals surface area contributed by atoms with E-state index in [4.69, 9.17) is 5.10 Å². The number of aromatic nitrogens is 4. The van der Waals surface area contributed by atoms with Crippen molar-refractivity contribution >= 4 is 16.6 Å². The van der Waals surface area contributed by atoms with Gasteiger partial charge in [0.25, 0.3) is 11.2 Å². The van der Waals surface area contributed by atoms with Crippen molar-refractivity contribution in [3.05, 3.63) is 92.3 Å². The maximum Gasteiger partial charge on any atom is 0.270 e. The van der Waals surface area contributed by atoms with Crippen LogP contribution in [0.1, 0.15) is 23.4 Å². The Morgan fingerprint density at radius 1 is 1.10 bits per heavy atom. The van der Waals surface area contributed by atoms with Gasteiger partial charge in [0.05, 0.1) is 40.1 Å². The molecule has 0 radical (unpaired) electrons. The number of nitro benzene ring substituents is 1. The number of nitrogens with zero attached hydrogens (tertiary/aromatic N) is 5. The molecule has 2 aromatic heterocycles. The predicted molar refractivity (Wildman–Crippen MR) is 107 cm³/mol. The molecule has 0 N–H and O–H groups in total. The Labute approximate surface area is 165 Å². The van der Waals surface area contributed by atoms with Crippen LogP contribution >= 0.6 is 0 Å². The predicted octanol–water partition coefficient (Wildman–Crippen LogP) is 3.03. The summed E-state index contributed by atoms with van der Waals surface area (Å²) in [5, 5.41) is 16.1. The van der Waals surface area contributed by atoms with Crippen LogP contribution in [0.15, 0.2) is 59.7 Å². The van der Waals surface area contributed by atoms with Gasteiger partial charge in [-0.05, 0) is 43.0 Å². The van der Waals surface area contributed by atoms with Crippen LogP contribution in [0.25, 0.3) is 16.6 Å². The van der Waals surface area contributed by atoms with Crippen molar-refractivity contribution < 1.29 is 4.92 Å².